The molecular formula is C38H43NSi. The maximum atomic E-state index is 2.63. The highest BCUT2D eigenvalue weighted by atomic mass is 28.3. The number of para-hydroxylation sites is 2. The smallest absolute Gasteiger partial charge is 0.101 e. The van der Waals surface area contributed by atoms with Crippen LogP contribution in [0.4, 0.5) is 0 Å². The van der Waals surface area contributed by atoms with Crippen LogP contribution in [0.5, 0.6) is 0 Å². The molecule has 5 aromatic rings. The Kier molecular flexibility index (Phi) is 6.36. The molecule has 0 N–H and O–H groups in total. The van der Waals surface area contributed by atoms with Gasteiger partial charge in [0.1, 0.15) is 8.07 Å². The van der Waals surface area contributed by atoms with E-state index in [1.165, 1.54) is 104 Å². The minimum atomic E-state index is -1.69. The number of hydrogen-bond donors (Lipinski definition) is 0. The molecule has 2 aliphatic carbocycles. The number of benzene rings is 4. The minimum Gasteiger partial charge on any atom is -0.340 e. The highest BCUT2D eigenvalue weighted by molar-refractivity contribution is 7.00. The summed E-state index contributed by atoms with van der Waals surface area (Å²) >= 11 is 0. The number of fused-ring (bicyclic) bond motifs is 6. The van der Waals surface area contributed by atoms with E-state index >= 15 is 0 Å². The van der Waals surface area contributed by atoms with Gasteiger partial charge in [-0.1, -0.05) is 137 Å². The van der Waals surface area contributed by atoms with Gasteiger partial charge in [0, 0.05) is 28.4 Å². The summed E-state index contributed by atoms with van der Waals surface area (Å²) in [4.78, 5) is 0. The van der Waals surface area contributed by atoms with Crippen LogP contribution < -0.4 is 5.19 Å². The maximum absolute atomic E-state index is 2.63. The van der Waals surface area contributed by atoms with E-state index in [4.69, 9.17) is 0 Å². The Morgan fingerprint density at radius 1 is 0.575 bits per heavy atom. The highest BCUT2D eigenvalue weighted by Gasteiger charge is 2.61. The van der Waals surface area contributed by atoms with Crippen LogP contribution in [0.1, 0.15) is 88.2 Å². The normalized spacial score (nSPS) is 21.6. The predicted molar refractivity (Wildman–Crippen MR) is 174 cm³/mol. The lowest BCUT2D eigenvalue weighted by Gasteiger charge is -2.60. The molecule has 0 bridgehead atoms. The first-order valence-electron chi connectivity index (χ1n) is 16.4. The summed E-state index contributed by atoms with van der Waals surface area (Å²) in [6, 6.07) is 32.6. The summed E-state index contributed by atoms with van der Waals surface area (Å²) in [6.45, 7) is 1.13. The van der Waals surface area contributed by atoms with Crippen molar-refractivity contribution in [2.75, 3.05) is 0 Å². The van der Waals surface area contributed by atoms with Crippen molar-refractivity contribution in [1.29, 1.82) is 0 Å². The highest BCUT2D eigenvalue weighted by Crippen LogP contribution is 2.60. The third-order valence-corrected chi connectivity index (χ3v) is 18.5. The number of hydrogen-bond acceptors (Lipinski definition) is 0. The van der Waals surface area contributed by atoms with Gasteiger partial charge < -0.3 is 4.57 Å². The zero-order valence-electron chi connectivity index (χ0n) is 24.0. The van der Waals surface area contributed by atoms with Crippen molar-refractivity contribution >= 4 is 45.8 Å². The fraction of sp³-hybridized carbons (Fsp3) is 0.421. The van der Waals surface area contributed by atoms with Gasteiger partial charge in [0.25, 0.3) is 0 Å². The third-order valence-electron chi connectivity index (χ3n) is 11.5. The molecular weight excluding hydrogens is 499 g/mol. The number of nitrogens with zero attached hydrogens (tertiary/aromatic N) is 1. The van der Waals surface area contributed by atoms with E-state index in [0.29, 0.717) is 0 Å². The molecule has 3 aliphatic rings. The first-order chi connectivity index (χ1) is 19.9. The molecule has 2 saturated carbocycles. The first-order valence-corrected chi connectivity index (χ1v) is 18.6. The van der Waals surface area contributed by atoms with E-state index in [-0.39, 0.29) is 0 Å². The molecule has 0 amide bonds. The molecule has 204 valence electrons. The van der Waals surface area contributed by atoms with Gasteiger partial charge in [-0.05, 0) is 63.1 Å². The van der Waals surface area contributed by atoms with Gasteiger partial charge in [-0.15, -0.1) is 0 Å². The van der Waals surface area contributed by atoms with Crippen LogP contribution in [-0.2, 0) is 6.54 Å². The summed E-state index contributed by atoms with van der Waals surface area (Å²) in [7, 11) is -1.69. The number of aromatic nitrogens is 1. The molecule has 2 heteroatoms. The van der Waals surface area contributed by atoms with Gasteiger partial charge in [0.2, 0.25) is 0 Å². The van der Waals surface area contributed by atoms with E-state index in [1.807, 2.05) is 5.19 Å². The van der Waals surface area contributed by atoms with Gasteiger partial charge in [-0.25, -0.2) is 0 Å². The van der Waals surface area contributed by atoms with Crippen molar-refractivity contribution in [2.24, 2.45) is 0 Å². The Morgan fingerprint density at radius 3 is 1.75 bits per heavy atom. The number of rotatable bonds is 6. The molecule has 2 heterocycles. The Balaban J connectivity index is 1.21. The van der Waals surface area contributed by atoms with Crippen LogP contribution in [0.3, 0.4) is 0 Å². The van der Waals surface area contributed by atoms with Gasteiger partial charge in [0.15, 0.2) is 0 Å². The molecule has 40 heavy (non-hydrogen) atoms. The minimum absolute atomic E-state index is 0.853. The Bertz CT molecular complexity index is 1590. The van der Waals surface area contributed by atoms with Crippen LogP contribution in [0.15, 0.2) is 84.9 Å². The number of aryl methyl sites for hydroxylation is 1. The summed E-state index contributed by atoms with van der Waals surface area (Å²) in [5.41, 5.74) is 7.44. The van der Waals surface area contributed by atoms with Crippen molar-refractivity contribution in [1.82, 2.24) is 4.57 Å². The summed E-state index contributed by atoms with van der Waals surface area (Å²) in [5.74, 6) is 0. The molecule has 0 spiro atoms. The summed E-state index contributed by atoms with van der Waals surface area (Å²) < 4.78 is 2.63. The second-order valence-electron chi connectivity index (χ2n) is 13.2. The lowest BCUT2D eigenvalue weighted by molar-refractivity contribution is 0.438. The second-order valence-corrected chi connectivity index (χ2v) is 17.9. The maximum Gasteiger partial charge on any atom is 0.101 e. The van der Waals surface area contributed by atoms with Crippen LogP contribution >= 0.6 is 0 Å². The van der Waals surface area contributed by atoms with Crippen LogP contribution in [0.25, 0.3) is 32.6 Å². The second kappa shape index (κ2) is 10.2. The Morgan fingerprint density at radius 2 is 1.12 bits per heavy atom. The monoisotopic (exact) mass is 541 g/mol. The molecule has 2 fully saturated rings. The largest absolute Gasteiger partial charge is 0.340 e. The van der Waals surface area contributed by atoms with E-state index in [1.54, 1.807) is 10.9 Å². The Hall–Kier alpha value is -2.84. The third kappa shape index (κ3) is 3.71. The zero-order valence-corrected chi connectivity index (χ0v) is 25.0. The van der Waals surface area contributed by atoms with E-state index < -0.39 is 8.07 Å². The molecule has 0 saturated heterocycles. The van der Waals surface area contributed by atoms with Gasteiger partial charge in [-0.2, -0.15) is 0 Å². The standard InChI is InChI=1S/C38H43NSi/c1-3-15-29(16-4-1)40(30-17-5-2-6-18-30)37(34-26-25-28-14-7-8-19-31(28)38(34)40)24-13-27-39-35-22-11-9-20-32(35)33-21-10-12-23-36(33)39/h7-12,14,19-23,25-26,29-30,37H,1-6,13,15-18,24,27H2. The molecule has 1 nitrogen and oxygen atoms in total. The van der Waals surface area contributed by atoms with Crippen molar-refractivity contribution in [2.45, 2.75) is 100 Å². The topological polar surface area (TPSA) is 4.93 Å². The Labute approximate surface area is 240 Å². The van der Waals surface area contributed by atoms with Crippen molar-refractivity contribution in [3.8, 4) is 0 Å². The van der Waals surface area contributed by atoms with E-state index in [0.717, 1.165) is 23.2 Å². The SMILES string of the molecule is c1ccc2c3c(ccc2c1)C(CCCn1c2ccccc2c2ccccc21)[Si]3(C1CCCCC1)C1CCCCC1. The fourth-order valence-electron chi connectivity index (χ4n) is 9.98. The summed E-state index contributed by atoms with van der Waals surface area (Å²) in [6.07, 6.45) is 17.5. The molecule has 4 aromatic carbocycles. The van der Waals surface area contributed by atoms with E-state index in [9.17, 15) is 0 Å². The van der Waals surface area contributed by atoms with Crippen LogP contribution in [-0.4, -0.2) is 12.6 Å². The molecule has 1 atom stereocenters. The van der Waals surface area contributed by atoms with Gasteiger partial charge >= 0.3 is 0 Å². The van der Waals surface area contributed by atoms with E-state index in [2.05, 4.69) is 89.5 Å². The van der Waals surface area contributed by atoms with Gasteiger partial charge in [0.05, 0.1) is 0 Å². The van der Waals surface area contributed by atoms with Crippen molar-refractivity contribution < 1.29 is 0 Å². The predicted octanol–water partition coefficient (Wildman–Crippen LogP) is 10.4. The molecule has 0 radical (unpaired) electrons. The molecule has 1 unspecified atom stereocenters. The zero-order chi connectivity index (χ0) is 26.5. The summed E-state index contributed by atoms with van der Waals surface area (Å²) in [5, 5.41) is 7.89. The molecule has 1 aliphatic heterocycles. The molecule has 8 rings (SSSR count). The van der Waals surface area contributed by atoms with Crippen molar-refractivity contribution in [3.05, 3.63) is 90.5 Å². The lowest BCUT2D eigenvalue weighted by atomic mass is 9.97. The fourth-order valence-corrected chi connectivity index (χ4v) is 18.3. The lowest BCUT2D eigenvalue weighted by Crippen LogP contribution is -2.70. The van der Waals surface area contributed by atoms with Crippen molar-refractivity contribution in [3.63, 3.8) is 0 Å². The van der Waals surface area contributed by atoms with Crippen LogP contribution in [0, 0.1) is 0 Å². The van der Waals surface area contributed by atoms with Crippen LogP contribution in [0.2, 0.25) is 11.1 Å². The quantitative estimate of drug-likeness (QED) is 0.188. The first kappa shape index (κ1) is 24.9. The van der Waals surface area contributed by atoms with Gasteiger partial charge in [-0.3, -0.25) is 0 Å². The average Bonchev–Trinajstić information content (AvgIpc) is 3.34. The molecule has 1 aromatic heterocycles. The average molecular weight is 542 g/mol.